The van der Waals surface area contributed by atoms with Crippen LogP contribution in [0.25, 0.3) is 0 Å². The Bertz CT molecular complexity index is 1640. The standard InChI is InChI=1S/C49H78O14/c1-9-10-11-12-13-14-15-16-17-18-19-20-21-22-38-57-26-33(60-38)27-58-45(54)63-42-35(50)23-31(6)34-24-36-47-28-59-49(56,44(47)46(34,42)8)41(52)32(7)39(47)40(43(53)61-36)62-37(51)25-48(55,29(2)3)30(4)5/h23,29-30,32-34,36,38-42,44,52,55-56H,9-22,24-28H2,1-8H3/t32-,33?,34+,36-,38?,39?,40?,41-,42-,44?,46-,47+,49?/m1/s1. The van der Waals surface area contributed by atoms with Crippen LogP contribution in [0.2, 0.25) is 0 Å². The number of esters is 2. The molecule has 3 N–H and O–H groups in total. The molecule has 13 atom stereocenters. The largest absolute Gasteiger partial charge is 0.509 e. The van der Waals surface area contributed by atoms with E-state index in [1.54, 1.807) is 48.5 Å². The molecule has 14 nitrogen and oxygen atoms in total. The van der Waals surface area contributed by atoms with Crippen molar-refractivity contribution in [3.8, 4) is 0 Å². The van der Waals surface area contributed by atoms with E-state index in [4.69, 9.17) is 33.2 Å². The van der Waals surface area contributed by atoms with Crippen LogP contribution in [0.3, 0.4) is 0 Å². The first-order chi connectivity index (χ1) is 29.9. The Morgan fingerprint density at radius 3 is 2.14 bits per heavy atom. The number of hydrogen-bond acceptors (Lipinski definition) is 14. The van der Waals surface area contributed by atoms with Crippen LogP contribution in [0, 0.1) is 46.3 Å². The number of rotatable bonds is 22. The molecular formula is C49H78O14. The molecule has 358 valence electrons. The zero-order valence-electron chi connectivity index (χ0n) is 39.3. The normalized spacial score (nSPS) is 37.1. The third kappa shape index (κ3) is 9.64. The molecule has 14 heteroatoms. The summed E-state index contributed by atoms with van der Waals surface area (Å²) >= 11 is 0. The first-order valence-electron chi connectivity index (χ1n) is 24.3. The number of aliphatic hydroxyl groups excluding tert-OH is 1. The van der Waals surface area contributed by atoms with Crippen molar-refractivity contribution in [1.29, 1.82) is 0 Å². The summed E-state index contributed by atoms with van der Waals surface area (Å²) in [4.78, 5) is 55.2. The molecule has 63 heavy (non-hydrogen) atoms. The van der Waals surface area contributed by atoms with Crippen LogP contribution in [0.4, 0.5) is 4.79 Å². The Hall–Kier alpha value is -2.62. The monoisotopic (exact) mass is 891 g/mol. The maximum absolute atomic E-state index is 14.1. The highest BCUT2D eigenvalue weighted by Gasteiger charge is 2.84. The second kappa shape index (κ2) is 20.5. The van der Waals surface area contributed by atoms with Gasteiger partial charge in [0.05, 0.1) is 25.2 Å². The number of carbonyl (C=O) groups excluding carboxylic acids is 4. The van der Waals surface area contributed by atoms with Gasteiger partial charge in [-0.15, -0.1) is 0 Å². The van der Waals surface area contributed by atoms with Gasteiger partial charge in [-0.2, -0.15) is 0 Å². The van der Waals surface area contributed by atoms with Crippen molar-refractivity contribution < 1.29 is 67.7 Å². The third-order valence-corrected chi connectivity index (χ3v) is 16.2. The van der Waals surface area contributed by atoms with E-state index >= 15 is 0 Å². The SMILES string of the molecule is CCCCCCCCCCCCCCCC1OCC(COC(=O)O[C@@H]2C(=O)C=C(C)[C@@H]3C[C@H]4OC(=O)C(OC(=O)CC(O)(C(C)C)C(C)C)C5[C@@H](C)[C@@H](O)C6(O)OC[C@@]54C6[C@@]23C)O1. The van der Waals surface area contributed by atoms with Crippen LogP contribution in [-0.2, 0) is 47.5 Å². The molecule has 3 saturated heterocycles. The van der Waals surface area contributed by atoms with Crippen LogP contribution in [-0.4, -0.2) is 107 Å². The molecule has 0 amide bonds. The predicted octanol–water partition coefficient (Wildman–Crippen LogP) is 7.50. The summed E-state index contributed by atoms with van der Waals surface area (Å²) in [5.41, 5.74) is -3.47. The van der Waals surface area contributed by atoms with E-state index < -0.39 is 107 Å². The van der Waals surface area contributed by atoms with Gasteiger partial charge in [0.2, 0.25) is 6.10 Å². The Balaban J connectivity index is 1.08. The molecule has 1 spiro atoms. The first kappa shape index (κ1) is 49.8. The predicted molar refractivity (Wildman–Crippen MR) is 231 cm³/mol. The summed E-state index contributed by atoms with van der Waals surface area (Å²) in [5, 5.41) is 35.9. The summed E-state index contributed by atoms with van der Waals surface area (Å²) in [5.74, 6) is -8.49. The number of aliphatic hydroxyl groups is 3. The van der Waals surface area contributed by atoms with E-state index in [0.29, 0.717) is 5.57 Å². The highest BCUT2D eigenvalue weighted by atomic mass is 16.8. The highest BCUT2D eigenvalue weighted by Crippen LogP contribution is 2.74. The first-order valence-corrected chi connectivity index (χ1v) is 24.3. The topological polar surface area (TPSA) is 194 Å². The number of hydrogen-bond donors (Lipinski definition) is 3. The highest BCUT2D eigenvalue weighted by molar-refractivity contribution is 5.97. The molecule has 0 aromatic rings. The molecule has 6 rings (SSSR count). The molecule has 3 aliphatic carbocycles. The molecule has 2 saturated carbocycles. The molecule has 6 unspecified atom stereocenters. The smallest absolute Gasteiger partial charge is 0.459 e. The van der Waals surface area contributed by atoms with Crippen LogP contribution in [0.1, 0.15) is 158 Å². The summed E-state index contributed by atoms with van der Waals surface area (Å²) < 4.78 is 41.7. The van der Waals surface area contributed by atoms with Crippen molar-refractivity contribution in [2.45, 2.75) is 206 Å². The van der Waals surface area contributed by atoms with Crippen LogP contribution >= 0.6 is 0 Å². The lowest BCUT2D eigenvalue weighted by atomic mass is 9.38. The number of carbonyl (C=O) groups is 4. The van der Waals surface area contributed by atoms with E-state index in [0.717, 1.165) is 19.3 Å². The van der Waals surface area contributed by atoms with Gasteiger partial charge in [-0.05, 0) is 55.9 Å². The molecule has 2 bridgehead atoms. The van der Waals surface area contributed by atoms with Crippen LogP contribution < -0.4 is 0 Å². The Labute approximate surface area is 374 Å². The molecular weight excluding hydrogens is 813 g/mol. The molecule has 3 heterocycles. The lowest BCUT2D eigenvalue weighted by molar-refractivity contribution is -0.340. The van der Waals surface area contributed by atoms with E-state index in [-0.39, 0.29) is 44.5 Å². The number of allylic oxidation sites excluding steroid dienone is 1. The van der Waals surface area contributed by atoms with Gasteiger partial charge >= 0.3 is 18.1 Å². The average Bonchev–Trinajstić information content (AvgIpc) is 3.80. The zero-order valence-corrected chi connectivity index (χ0v) is 39.3. The van der Waals surface area contributed by atoms with Gasteiger partial charge in [0.25, 0.3) is 0 Å². The molecule has 6 aliphatic rings. The molecule has 0 aromatic carbocycles. The fraction of sp³-hybridized carbons (Fsp3) is 0.878. The lowest BCUT2D eigenvalue weighted by Gasteiger charge is -2.68. The Morgan fingerprint density at radius 1 is 0.937 bits per heavy atom. The maximum Gasteiger partial charge on any atom is 0.509 e. The Morgan fingerprint density at radius 2 is 1.54 bits per heavy atom. The minimum atomic E-state index is -2.25. The van der Waals surface area contributed by atoms with E-state index in [1.807, 2.05) is 0 Å². The van der Waals surface area contributed by atoms with Gasteiger partial charge < -0.3 is 48.5 Å². The third-order valence-electron chi connectivity index (χ3n) is 16.2. The van der Waals surface area contributed by atoms with Crippen LogP contribution in [0.5, 0.6) is 0 Å². The van der Waals surface area contributed by atoms with Crippen LogP contribution in [0.15, 0.2) is 11.6 Å². The van der Waals surface area contributed by atoms with Crippen molar-refractivity contribution >= 4 is 23.9 Å². The van der Waals surface area contributed by atoms with Crippen molar-refractivity contribution in [3.05, 3.63) is 11.6 Å². The average molecular weight is 891 g/mol. The van der Waals surface area contributed by atoms with Gasteiger partial charge in [-0.25, -0.2) is 9.59 Å². The fourth-order valence-electron chi connectivity index (χ4n) is 12.8. The van der Waals surface area contributed by atoms with Gasteiger partial charge in [0.15, 0.2) is 24.0 Å². The minimum Gasteiger partial charge on any atom is -0.459 e. The molecule has 5 fully saturated rings. The van der Waals surface area contributed by atoms with Gasteiger partial charge in [0.1, 0.15) is 24.9 Å². The van der Waals surface area contributed by atoms with Crippen molar-refractivity contribution in [2.75, 3.05) is 19.8 Å². The van der Waals surface area contributed by atoms with Crippen molar-refractivity contribution in [3.63, 3.8) is 0 Å². The van der Waals surface area contributed by atoms with Gasteiger partial charge in [-0.1, -0.05) is 131 Å². The number of ketones is 1. The van der Waals surface area contributed by atoms with E-state index in [9.17, 15) is 34.5 Å². The summed E-state index contributed by atoms with van der Waals surface area (Å²) in [7, 11) is 0. The summed E-state index contributed by atoms with van der Waals surface area (Å²) in [6.07, 6.45) is 11.0. The quantitative estimate of drug-likeness (QED) is 0.0549. The Kier molecular flexibility index (Phi) is 16.2. The van der Waals surface area contributed by atoms with Gasteiger partial charge in [0, 0.05) is 22.7 Å². The van der Waals surface area contributed by atoms with E-state index in [1.165, 1.54) is 76.7 Å². The van der Waals surface area contributed by atoms with Crippen molar-refractivity contribution in [2.24, 2.45) is 46.3 Å². The zero-order chi connectivity index (χ0) is 45.9. The van der Waals surface area contributed by atoms with E-state index in [2.05, 4.69) is 6.92 Å². The number of ether oxygens (including phenoxy) is 7. The summed E-state index contributed by atoms with van der Waals surface area (Å²) in [6.45, 7) is 14.5. The fourth-order valence-corrected chi connectivity index (χ4v) is 12.8. The van der Waals surface area contributed by atoms with Crippen molar-refractivity contribution in [1.82, 2.24) is 0 Å². The molecule has 0 radical (unpaired) electrons. The lowest BCUT2D eigenvalue weighted by Crippen LogP contribution is -2.78. The maximum atomic E-state index is 14.1. The number of unbranched alkanes of at least 4 members (excludes halogenated alkanes) is 12. The second-order valence-electron chi connectivity index (χ2n) is 20.8. The molecule has 3 aliphatic heterocycles. The summed E-state index contributed by atoms with van der Waals surface area (Å²) in [6, 6.07) is 0. The number of fused-ring (bicyclic) bond motifs is 1. The van der Waals surface area contributed by atoms with Gasteiger partial charge in [-0.3, -0.25) is 9.59 Å². The second-order valence-corrected chi connectivity index (χ2v) is 20.8. The minimum absolute atomic E-state index is 0.156. The molecule has 0 aromatic heterocycles.